The Morgan fingerprint density at radius 2 is 1.15 bits per heavy atom. The van der Waals surface area contributed by atoms with Gasteiger partial charge in [0.2, 0.25) is 0 Å². The third kappa shape index (κ3) is 4.70. The summed E-state index contributed by atoms with van der Waals surface area (Å²) in [5.41, 5.74) is 0. The quantitative estimate of drug-likeness (QED) is 0.209. The normalized spacial score (nSPS) is 12.1. The van der Waals surface area contributed by atoms with Gasteiger partial charge in [-0.1, -0.05) is 0 Å². The summed E-state index contributed by atoms with van der Waals surface area (Å²) in [5.74, 6) is 0. The number of unbranched alkanes of at least 4 members (excludes halogenated alkanes) is 3. The molecule has 0 aliphatic rings. The molecule has 0 aliphatic carbocycles. The number of fused-ring (bicyclic) bond motifs is 3. The van der Waals surface area contributed by atoms with E-state index >= 15 is 0 Å². The van der Waals surface area contributed by atoms with Crippen LogP contribution in [0.4, 0.5) is 0 Å². The molecule has 1 heteroatoms. The first kappa shape index (κ1) is 20.7. The van der Waals surface area contributed by atoms with Crippen molar-refractivity contribution < 1.29 is 0 Å². The molecule has 27 heavy (non-hydrogen) atoms. The summed E-state index contributed by atoms with van der Waals surface area (Å²) in [7, 11) is 0. The zero-order valence-corrected chi connectivity index (χ0v) is 20.4. The van der Waals surface area contributed by atoms with Crippen LogP contribution in [0.2, 0.25) is 13.3 Å². The zero-order valence-electron chi connectivity index (χ0n) is 17.6. The maximum atomic E-state index is 2.61. The van der Waals surface area contributed by atoms with Gasteiger partial charge in [-0.25, -0.2) is 0 Å². The van der Waals surface area contributed by atoms with Crippen molar-refractivity contribution in [1.82, 2.24) is 0 Å². The van der Waals surface area contributed by atoms with Crippen molar-refractivity contribution in [3.8, 4) is 0 Å². The average Bonchev–Trinajstić information content (AvgIpc) is 2.73. The third-order valence-electron chi connectivity index (χ3n) is 6.38. The van der Waals surface area contributed by atoms with Crippen LogP contribution in [0.25, 0.3) is 21.5 Å². The topological polar surface area (TPSA) is 0 Å². The minimum atomic E-state index is -2.33. The first-order valence-electron chi connectivity index (χ1n) is 11.2. The van der Waals surface area contributed by atoms with E-state index in [1.54, 1.807) is 16.9 Å². The molecule has 0 amide bonds. The Labute approximate surface area is 170 Å². The Kier molecular flexibility index (Phi) is 7.64. The van der Waals surface area contributed by atoms with Gasteiger partial charge in [-0.2, -0.15) is 0 Å². The van der Waals surface area contributed by atoms with Crippen molar-refractivity contribution in [2.24, 2.45) is 0 Å². The van der Waals surface area contributed by atoms with Gasteiger partial charge >= 0.3 is 171 Å². The second-order valence-corrected chi connectivity index (χ2v) is 21.6. The predicted molar refractivity (Wildman–Crippen MR) is 126 cm³/mol. The van der Waals surface area contributed by atoms with E-state index in [1.165, 1.54) is 60.1 Å². The molecule has 0 heterocycles. The molecule has 0 saturated carbocycles. The van der Waals surface area contributed by atoms with Crippen LogP contribution >= 0.6 is 0 Å². The van der Waals surface area contributed by atoms with Crippen molar-refractivity contribution in [2.75, 3.05) is 0 Å². The fraction of sp³-hybridized carbons (Fsp3) is 0.462. The first-order valence-corrected chi connectivity index (χ1v) is 18.6. The van der Waals surface area contributed by atoms with Crippen LogP contribution in [0.5, 0.6) is 0 Å². The molecule has 3 aromatic carbocycles. The fourth-order valence-corrected chi connectivity index (χ4v) is 20.7. The van der Waals surface area contributed by atoms with Crippen molar-refractivity contribution in [2.45, 2.75) is 72.6 Å². The standard InChI is InChI=1S/C14H9.3C4H9.Sn/c1-3-7-13-11(5-1)9-10-12-6-2-4-8-14(12)13;3*1-3-4-2;/h1,3-10H;3*1,3-4H2,2H3;. The van der Waals surface area contributed by atoms with Crippen molar-refractivity contribution >= 4 is 43.5 Å². The van der Waals surface area contributed by atoms with Gasteiger partial charge in [-0.05, 0) is 0 Å². The van der Waals surface area contributed by atoms with Crippen molar-refractivity contribution in [3.63, 3.8) is 0 Å². The molecular formula is C26H36Sn. The molecule has 3 rings (SSSR count). The van der Waals surface area contributed by atoms with Crippen LogP contribution in [0.3, 0.4) is 0 Å². The third-order valence-corrected chi connectivity index (χ3v) is 22.0. The molecule has 3 aromatic rings. The van der Waals surface area contributed by atoms with Gasteiger partial charge in [0.05, 0.1) is 0 Å². The fourth-order valence-electron chi connectivity index (χ4n) is 4.70. The SMILES string of the molecule is CCC[CH2][Sn]([CH2]CCC)([CH2]CCC)[c]1ccc2c(ccc3ccccc32)c1. The zero-order chi connectivity index (χ0) is 19.1. The summed E-state index contributed by atoms with van der Waals surface area (Å²) in [4.78, 5) is 0. The molecule has 0 radical (unpaired) electrons. The molecule has 0 unspecified atom stereocenters. The van der Waals surface area contributed by atoms with E-state index in [0.717, 1.165) is 0 Å². The Morgan fingerprint density at radius 1 is 0.593 bits per heavy atom. The molecular weight excluding hydrogens is 431 g/mol. The molecule has 0 aliphatic heterocycles. The number of hydrogen-bond acceptors (Lipinski definition) is 0. The summed E-state index contributed by atoms with van der Waals surface area (Å²) < 4.78 is 6.43. The predicted octanol–water partition coefficient (Wildman–Crippen LogP) is 8.05. The molecule has 0 spiro atoms. The summed E-state index contributed by atoms with van der Waals surface area (Å²) in [6, 6.07) is 21.1. The minimum absolute atomic E-state index is 1.34. The Balaban J connectivity index is 2.08. The molecule has 0 aromatic heterocycles. The molecule has 144 valence electrons. The summed E-state index contributed by atoms with van der Waals surface area (Å²) in [5, 5.41) is 5.64. The van der Waals surface area contributed by atoms with E-state index in [9.17, 15) is 0 Å². The molecule has 0 bridgehead atoms. The van der Waals surface area contributed by atoms with Gasteiger partial charge in [-0.3, -0.25) is 0 Å². The Hall–Kier alpha value is -1.02. The van der Waals surface area contributed by atoms with E-state index in [4.69, 9.17) is 0 Å². The van der Waals surface area contributed by atoms with Crippen molar-refractivity contribution in [1.29, 1.82) is 0 Å². The Bertz CT molecular complexity index is 843. The van der Waals surface area contributed by atoms with Crippen LogP contribution in [-0.4, -0.2) is 18.4 Å². The molecule has 0 saturated heterocycles. The second-order valence-electron chi connectivity index (χ2n) is 8.31. The molecule has 0 atom stereocenters. The second kappa shape index (κ2) is 9.96. The van der Waals surface area contributed by atoms with E-state index in [1.807, 2.05) is 0 Å². The van der Waals surface area contributed by atoms with E-state index in [-0.39, 0.29) is 0 Å². The van der Waals surface area contributed by atoms with E-state index in [0.29, 0.717) is 0 Å². The number of rotatable bonds is 10. The van der Waals surface area contributed by atoms with E-state index in [2.05, 4.69) is 75.4 Å². The molecule has 0 N–H and O–H groups in total. The van der Waals surface area contributed by atoms with Gasteiger partial charge in [-0.15, -0.1) is 0 Å². The van der Waals surface area contributed by atoms with E-state index < -0.39 is 18.4 Å². The monoisotopic (exact) mass is 468 g/mol. The number of benzene rings is 3. The maximum absolute atomic E-state index is 2.61. The van der Waals surface area contributed by atoms with Gasteiger partial charge in [0, 0.05) is 0 Å². The van der Waals surface area contributed by atoms with Gasteiger partial charge in [0.1, 0.15) is 0 Å². The Morgan fingerprint density at radius 3 is 1.78 bits per heavy atom. The number of hydrogen-bond donors (Lipinski definition) is 0. The first-order chi connectivity index (χ1) is 13.2. The van der Waals surface area contributed by atoms with Crippen LogP contribution in [-0.2, 0) is 0 Å². The van der Waals surface area contributed by atoms with Gasteiger partial charge < -0.3 is 0 Å². The molecule has 0 fully saturated rings. The summed E-state index contributed by atoms with van der Waals surface area (Å²) in [6.45, 7) is 7.09. The van der Waals surface area contributed by atoms with Crippen molar-refractivity contribution in [3.05, 3.63) is 54.6 Å². The van der Waals surface area contributed by atoms with Crippen LogP contribution in [0, 0.1) is 0 Å². The van der Waals surface area contributed by atoms with Crippen LogP contribution in [0.15, 0.2) is 54.6 Å². The summed E-state index contributed by atoms with van der Waals surface area (Å²) in [6.07, 6.45) is 8.32. The average molecular weight is 467 g/mol. The van der Waals surface area contributed by atoms with Gasteiger partial charge in [0.25, 0.3) is 0 Å². The van der Waals surface area contributed by atoms with Gasteiger partial charge in [0.15, 0.2) is 0 Å². The molecule has 0 nitrogen and oxygen atoms in total. The van der Waals surface area contributed by atoms with Crippen LogP contribution in [0.1, 0.15) is 59.3 Å². The summed E-state index contributed by atoms with van der Waals surface area (Å²) >= 11 is -2.33. The van der Waals surface area contributed by atoms with Crippen LogP contribution < -0.4 is 3.58 Å².